The zero-order valence-corrected chi connectivity index (χ0v) is 10.9. The van der Waals surface area contributed by atoms with E-state index in [1.807, 2.05) is 0 Å². The maximum absolute atomic E-state index is 12.9. The van der Waals surface area contributed by atoms with E-state index in [2.05, 4.69) is 10.0 Å². The molecule has 2 N–H and O–H groups in total. The van der Waals surface area contributed by atoms with Gasteiger partial charge in [-0.3, -0.25) is 0 Å². The van der Waals surface area contributed by atoms with E-state index in [9.17, 15) is 12.8 Å². The average molecular weight is 291 g/mol. The van der Waals surface area contributed by atoms with E-state index >= 15 is 0 Å². The number of sulfonamides is 1. The molecule has 0 radical (unpaired) electrons. The Morgan fingerprint density at radius 2 is 2.00 bits per heavy atom. The number of hydrogen-bond donors (Lipinski definition) is 2. The highest BCUT2D eigenvalue weighted by Crippen LogP contribution is 2.42. The van der Waals surface area contributed by atoms with Gasteiger partial charge in [0.1, 0.15) is 10.7 Å². The molecule has 1 aromatic carbocycles. The van der Waals surface area contributed by atoms with Crippen LogP contribution in [0.2, 0.25) is 5.02 Å². The Labute approximate surface area is 110 Å². The molecule has 0 aromatic heterocycles. The van der Waals surface area contributed by atoms with E-state index in [0.717, 1.165) is 25.2 Å². The highest BCUT2D eigenvalue weighted by molar-refractivity contribution is 7.89. The van der Waals surface area contributed by atoms with Crippen molar-refractivity contribution in [1.29, 1.82) is 0 Å². The van der Waals surface area contributed by atoms with E-state index in [-0.39, 0.29) is 16.0 Å². The van der Waals surface area contributed by atoms with Crippen LogP contribution < -0.4 is 10.0 Å². The smallest absolute Gasteiger partial charge is 0.242 e. The Kier molecular flexibility index (Phi) is 2.85. The Balaban J connectivity index is 1.82. The lowest BCUT2D eigenvalue weighted by Gasteiger charge is -2.10. The van der Waals surface area contributed by atoms with E-state index in [1.54, 1.807) is 0 Å². The summed E-state index contributed by atoms with van der Waals surface area (Å²) in [4.78, 5) is -0.0662. The van der Waals surface area contributed by atoms with Gasteiger partial charge in [0.25, 0.3) is 0 Å². The molecule has 98 valence electrons. The summed E-state index contributed by atoms with van der Waals surface area (Å²) in [6.07, 6.45) is 0. The van der Waals surface area contributed by atoms with Gasteiger partial charge in [0, 0.05) is 6.04 Å². The highest BCUT2D eigenvalue weighted by Gasteiger charge is 2.54. The molecular formula is C11H12ClFN2O2S. The first-order valence-electron chi connectivity index (χ1n) is 5.67. The van der Waals surface area contributed by atoms with Gasteiger partial charge in [0.05, 0.1) is 5.02 Å². The molecule has 2 unspecified atom stereocenters. The van der Waals surface area contributed by atoms with E-state index in [4.69, 9.17) is 11.6 Å². The molecule has 18 heavy (non-hydrogen) atoms. The van der Waals surface area contributed by atoms with Gasteiger partial charge in [0.2, 0.25) is 10.0 Å². The van der Waals surface area contributed by atoms with Crippen LogP contribution in [0.15, 0.2) is 23.1 Å². The van der Waals surface area contributed by atoms with Crippen LogP contribution in [0.5, 0.6) is 0 Å². The highest BCUT2D eigenvalue weighted by atomic mass is 35.5. The summed E-state index contributed by atoms with van der Waals surface area (Å²) in [6, 6.07) is 3.27. The summed E-state index contributed by atoms with van der Waals surface area (Å²) in [5, 5.41) is 3.09. The van der Waals surface area contributed by atoms with Crippen molar-refractivity contribution >= 4 is 21.6 Å². The fraction of sp³-hybridized carbons (Fsp3) is 0.455. The summed E-state index contributed by atoms with van der Waals surface area (Å²) in [5.74, 6) is 0.199. The molecule has 0 bridgehead atoms. The van der Waals surface area contributed by atoms with Crippen LogP contribution in [-0.4, -0.2) is 27.5 Å². The van der Waals surface area contributed by atoms with Crippen LogP contribution in [0.1, 0.15) is 0 Å². The summed E-state index contributed by atoms with van der Waals surface area (Å²) in [7, 11) is -3.66. The van der Waals surface area contributed by atoms with Crippen molar-refractivity contribution in [2.75, 3.05) is 13.1 Å². The topological polar surface area (TPSA) is 58.2 Å². The number of fused-ring (bicyclic) bond motifs is 1. The average Bonchev–Trinajstić information content (AvgIpc) is 2.74. The van der Waals surface area contributed by atoms with Crippen molar-refractivity contribution < 1.29 is 12.8 Å². The summed E-state index contributed by atoms with van der Waals surface area (Å²) >= 11 is 5.77. The van der Waals surface area contributed by atoms with Crippen LogP contribution in [0.4, 0.5) is 4.39 Å². The van der Waals surface area contributed by atoms with Gasteiger partial charge in [-0.1, -0.05) is 11.6 Å². The third-order valence-electron chi connectivity index (χ3n) is 3.57. The van der Waals surface area contributed by atoms with Gasteiger partial charge in [-0.2, -0.15) is 0 Å². The lowest BCUT2D eigenvalue weighted by atomic mass is 10.3. The lowest BCUT2D eigenvalue weighted by Crippen LogP contribution is -2.32. The molecule has 1 aliphatic heterocycles. The second-order valence-corrected chi connectivity index (χ2v) is 6.80. The number of halogens is 2. The first-order chi connectivity index (χ1) is 8.49. The van der Waals surface area contributed by atoms with Crippen molar-refractivity contribution in [3.63, 3.8) is 0 Å². The fourth-order valence-corrected chi connectivity index (χ4v) is 4.40. The number of rotatable bonds is 3. The fourth-order valence-electron chi connectivity index (χ4n) is 2.53. The van der Waals surface area contributed by atoms with Crippen molar-refractivity contribution in [2.24, 2.45) is 11.8 Å². The second kappa shape index (κ2) is 4.16. The minimum absolute atomic E-state index is 0.0163. The maximum atomic E-state index is 12.9. The van der Waals surface area contributed by atoms with Crippen LogP contribution in [0.25, 0.3) is 0 Å². The molecule has 1 saturated heterocycles. The molecule has 1 heterocycles. The zero-order chi connectivity index (χ0) is 12.9. The number of hydrogen-bond acceptors (Lipinski definition) is 3. The number of piperidine rings is 1. The molecule has 2 fully saturated rings. The van der Waals surface area contributed by atoms with Gasteiger partial charge in [-0.05, 0) is 43.1 Å². The molecule has 1 aromatic rings. The summed E-state index contributed by atoms with van der Waals surface area (Å²) in [6.45, 7) is 1.68. The molecule has 2 atom stereocenters. The van der Waals surface area contributed by atoms with Crippen LogP contribution in [0.3, 0.4) is 0 Å². The quantitative estimate of drug-likeness (QED) is 0.872. The van der Waals surface area contributed by atoms with Crippen molar-refractivity contribution in [3.8, 4) is 0 Å². The van der Waals surface area contributed by atoms with Crippen molar-refractivity contribution in [3.05, 3.63) is 29.0 Å². The Bertz CT molecular complexity index is 583. The Morgan fingerprint density at radius 3 is 2.61 bits per heavy atom. The number of nitrogens with one attached hydrogen (secondary N) is 2. The van der Waals surface area contributed by atoms with E-state index < -0.39 is 15.8 Å². The molecular weight excluding hydrogens is 279 g/mol. The van der Waals surface area contributed by atoms with Gasteiger partial charge >= 0.3 is 0 Å². The standard InChI is InChI=1S/C11H12ClFN2O2S/c12-9-3-6(13)1-2-10(9)18(16,17)15-11-7-4-14-5-8(7)11/h1-3,7-8,11,14-15H,4-5H2. The maximum Gasteiger partial charge on any atom is 0.242 e. The number of benzene rings is 1. The third-order valence-corrected chi connectivity index (χ3v) is 5.51. The molecule has 3 rings (SSSR count). The largest absolute Gasteiger partial charge is 0.316 e. The normalized spacial score (nSPS) is 30.2. The predicted molar refractivity (Wildman–Crippen MR) is 65.4 cm³/mol. The first-order valence-corrected chi connectivity index (χ1v) is 7.53. The van der Waals surface area contributed by atoms with Crippen LogP contribution >= 0.6 is 11.6 Å². The van der Waals surface area contributed by atoms with Gasteiger partial charge in [-0.25, -0.2) is 17.5 Å². The Morgan fingerprint density at radius 1 is 1.33 bits per heavy atom. The lowest BCUT2D eigenvalue weighted by molar-refractivity contribution is 0.564. The van der Waals surface area contributed by atoms with Gasteiger partial charge in [-0.15, -0.1) is 0 Å². The first kappa shape index (κ1) is 12.3. The third kappa shape index (κ3) is 2.03. The molecule has 7 heteroatoms. The molecule has 0 spiro atoms. The summed E-state index contributed by atoms with van der Waals surface area (Å²) in [5.41, 5.74) is 0. The Hall–Kier alpha value is -0.690. The van der Waals surface area contributed by atoms with Crippen LogP contribution in [-0.2, 0) is 10.0 Å². The van der Waals surface area contributed by atoms with E-state index in [0.29, 0.717) is 11.8 Å². The van der Waals surface area contributed by atoms with E-state index in [1.165, 1.54) is 6.07 Å². The summed E-state index contributed by atoms with van der Waals surface area (Å²) < 4.78 is 39.7. The molecule has 1 aliphatic carbocycles. The molecule has 4 nitrogen and oxygen atoms in total. The molecule has 1 saturated carbocycles. The van der Waals surface area contributed by atoms with Gasteiger partial charge in [0.15, 0.2) is 0 Å². The second-order valence-electron chi connectivity index (χ2n) is 4.71. The SMILES string of the molecule is O=S(=O)(NC1C2CNCC21)c1ccc(F)cc1Cl. The minimum Gasteiger partial charge on any atom is -0.316 e. The van der Waals surface area contributed by atoms with Crippen molar-refractivity contribution in [1.82, 2.24) is 10.0 Å². The van der Waals surface area contributed by atoms with Crippen molar-refractivity contribution in [2.45, 2.75) is 10.9 Å². The van der Waals surface area contributed by atoms with Crippen LogP contribution in [0, 0.1) is 17.7 Å². The minimum atomic E-state index is -3.66. The predicted octanol–water partition coefficient (Wildman–Crippen LogP) is 0.975. The molecule has 0 amide bonds. The van der Waals surface area contributed by atoms with Gasteiger partial charge < -0.3 is 5.32 Å². The monoisotopic (exact) mass is 290 g/mol. The zero-order valence-electron chi connectivity index (χ0n) is 9.36. The molecule has 2 aliphatic rings.